The van der Waals surface area contributed by atoms with E-state index in [0.29, 0.717) is 23.6 Å². The number of ether oxygens (including phenoxy) is 2. The lowest BCUT2D eigenvalue weighted by atomic mass is 10.2. The lowest BCUT2D eigenvalue weighted by Gasteiger charge is -2.12. The smallest absolute Gasteiger partial charge is 0.255 e. The van der Waals surface area contributed by atoms with Crippen molar-refractivity contribution in [2.45, 2.75) is 23.8 Å². The maximum Gasteiger partial charge on any atom is 0.255 e. The van der Waals surface area contributed by atoms with Crippen LogP contribution < -0.4 is 14.8 Å². The highest BCUT2D eigenvalue weighted by Crippen LogP contribution is 2.17. The van der Waals surface area contributed by atoms with E-state index in [9.17, 15) is 13.2 Å². The molecule has 2 aromatic carbocycles. The fraction of sp³-hybridized carbons (Fsp3) is 0.316. The molecule has 0 aromatic heterocycles. The second-order valence-corrected chi connectivity index (χ2v) is 7.96. The first-order chi connectivity index (χ1) is 13.0. The highest BCUT2D eigenvalue weighted by molar-refractivity contribution is 7.89. The molecule has 27 heavy (non-hydrogen) atoms. The van der Waals surface area contributed by atoms with E-state index in [1.54, 1.807) is 31.4 Å². The average molecular weight is 390 g/mol. The van der Waals surface area contributed by atoms with E-state index in [1.807, 2.05) is 0 Å². The van der Waals surface area contributed by atoms with E-state index in [4.69, 9.17) is 9.47 Å². The third kappa shape index (κ3) is 5.06. The van der Waals surface area contributed by atoms with Crippen molar-refractivity contribution in [2.75, 3.05) is 25.6 Å². The minimum absolute atomic E-state index is 0.0747. The van der Waals surface area contributed by atoms with E-state index >= 15 is 0 Å². The Morgan fingerprint density at radius 1 is 1.15 bits per heavy atom. The summed E-state index contributed by atoms with van der Waals surface area (Å²) in [5.41, 5.74) is 0.986. The molecule has 2 N–H and O–H groups in total. The molecular weight excluding hydrogens is 368 g/mol. The fourth-order valence-corrected chi connectivity index (χ4v) is 3.82. The molecule has 1 atom stereocenters. The van der Waals surface area contributed by atoms with Crippen LogP contribution >= 0.6 is 0 Å². The van der Waals surface area contributed by atoms with Crippen molar-refractivity contribution >= 4 is 21.6 Å². The molecule has 1 fully saturated rings. The van der Waals surface area contributed by atoms with Crippen molar-refractivity contribution in [3.05, 3.63) is 54.1 Å². The maximum atomic E-state index is 12.3. The zero-order valence-electron chi connectivity index (χ0n) is 15.0. The molecule has 1 heterocycles. The number of benzene rings is 2. The van der Waals surface area contributed by atoms with Gasteiger partial charge in [-0.15, -0.1) is 0 Å². The van der Waals surface area contributed by atoms with Crippen LogP contribution in [0.15, 0.2) is 53.4 Å². The van der Waals surface area contributed by atoms with Gasteiger partial charge in [0.2, 0.25) is 10.0 Å². The molecule has 1 aliphatic heterocycles. The third-order valence-corrected chi connectivity index (χ3v) is 5.74. The number of rotatable bonds is 7. The van der Waals surface area contributed by atoms with Gasteiger partial charge < -0.3 is 14.8 Å². The van der Waals surface area contributed by atoms with Gasteiger partial charge in [-0.2, -0.15) is 0 Å². The molecule has 1 saturated heterocycles. The number of hydrogen-bond donors (Lipinski definition) is 2. The number of sulfonamides is 1. The number of carbonyl (C=O) groups is 1. The molecule has 1 amide bonds. The Morgan fingerprint density at radius 3 is 2.44 bits per heavy atom. The second-order valence-electron chi connectivity index (χ2n) is 6.19. The fourth-order valence-electron chi connectivity index (χ4n) is 2.75. The zero-order valence-corrected chi connectivity index (χ0v) is 15.8. The number of carbonyl (C=O) groups excluding carboxylic acids is 1. The van der Waals surface area contributed by atoms with Gasteiger partial charge in [-0.1, -0.05) is 0 Å². The molecule has 3 rings (SSSR count). The van der Waals surface area contributed by atoms with Crippen molar-refractivity contribution in [1.82, 2.24) is 4.72 Å². The first-order valence-electron chi connectivity index (χ1n) is 8.65. The molecule has 144 valence electrons. The summed E-state index contributed by atoms with van der Waals surface area (Å²) in [5, 5.41) is 2.75. The molecular formula is C19H22N2O5S. The van der Waals surface area contributed by atoms with Crippen LogP contribution in [0.3, 0.4) is 0 Å². The molecule has 0 unspecified atom stereocenters. The van der Waals surface area contributed by atoms with Gasteiger partial charge in [0.1, 0.15) is 5.75 Å². The predicted molar refractivity (Wildman–Crippen MR) is 102 cm³/mol. The average Bonchev–Trinajstić information content (AvgIpc) is 3.21. The van der Waals surface area contributed by atoms with Gasteiger partial charge in [-0.3, -0.25) is 4.79 Å². The SMILES string of the molecule is COc1ccc(NC(=O)c2ccc(S(=O)(=O)NC[C@H]3CCCO3)cc2)cc1. The largest absolute Gasteiger partial charge is 0.497 e. The number of anilines is 1. The lowest BCUT2D eigenvalue weighted by molar-refractivity contribution is 0.102. The van der Waals surface area contributed by atoms with E-state index < -0.39 is 10.0 Å². The molecule has 8 heteroatoms. The summed E-state index contributed by atoms with van der Waals surface area (Å²) in [7, 11) is -2.06. The van der Waals surface area contributed by atoms with Gasteiger partial charge >= 0.3 is 0 Å². The zero-order chi connectivity index (χ0) is 19.3. The molecule has 7 nitrogen and oxygen atoms in total. The number of methoxy groups -OCH3 is 1. The third-order valence-electron chi connectivity index (χ3n) is 4.30. The molecule has 1 aliphatic rings. The Balaban J connectivity index is 1.61. The van der Waals surface area contributed by atoms with Crippen LogP contribution in [-0.2, 0) is 14.8 Å². The first-order valence-corrected chi connectivity index (χ1v) is 10.1. The summed E-state index contributed by atoms with van der Waals surface area (Å²) in [6.45, 7) is 0.923. The Labute approximate surface area is 158 Å². The molecule has 0 spiro atoms. The van der Waals surface area contributed by atoms with Crippen LogP contribution in [0.1, 0.15) is 23.2 Å². The van der Waals surface area contributed by atoms with Crippen LogP contribution in [-0.4, -0.2) is 40.7 Å². The van der Waals surface area contributed by atoms with Crippen molar-refractivity contribution in [3.8, 4) is 5.75 Å². The van der Waals surface area contributed by atoms with E-state index in [2.05, 4.69) is 10.0 Å². The van der Waals surface area contributed by atoms with Crippen molar-refractivity contribution in [3.63, 3.8) is 0 Å². The first kappa shape index (κ1) is 19.3. The van der Waals surface area contributed by atoms with Gasteiger partial charge in [-0.05, 0) is 61.4 Å². The van der Waals surface area contributed by atoms with Gasteiger partial charge in [0.25, 0.3) is 5.91 Å². The maximum absolute atomic E-state index is 12.3. The Bertz CT molecular complexity index is 873. The summed E-state index contributed by atoms with van der Waals surface area (Å²) < 4.78 is 37.7. The van der Waals surface area contributed by atoms with E-state index in [1.165, 1.54) is 24.3 Å². The van der Waals surface area contributed by atoms with Gasteiger partial charge in [0.15, 0.2) is 0 Å². The minimum atomic E-state index is -3.63. The van der Waals surface area contributed by atoms with Gasteiger partial charge in [0.05, 0.1) is 18.1 Å². The highest BCUT2D eigenvalue weighted by Gasteiger charge is 2.20. The quantitative estimate of drug-likeness (QED) is 0.757. The topological polar surface area (TPSA) is 93.7 Å². The Morgan fingerprint density at radius 2 is 1.85 bits per heavy atom. The standard InChI is InChI=1S/C19H22N2O5S/c1-25-16-8-6-15(7-9-16)21-19(22)14-4-10-18(11-5-14)27(23,24)20-13-17-3-2-12-26-17/h4-11,17,20H,2-3,12-13H2,1H3,(H,21,22)/t17-/m1/s1. The van der Waals surface area contributed by atoms with Crippen LogP contribution in [0.4, 0.5) is 5.69 Å². The van der Waals surface area contributed by atoms with Crippen LogP contribution in [0.25, 0.3) is 0 Å². The number of hydrogen-bond acceptors (Lipinski definition) is 5. The van der Waals surface area contributed by atoms with E-state index in [-0.39, 0.29) is 23.5 Å². The summed E-state index contributed by atoms with van der Waals surface area (Å²) in [4.78, 5) is 12.4. The van der Waals surface area contributed by atoms with Crippen LogP contribution in [0, 0.1) is 0 Å². The highest BCUT2D eigenvalue weighted by atomic mass is 32.2. The monoisotopic (exact) mass is 390 g/mol. The summed E-state index contributed by atoms with van der Waals surface area (Å²) in [5.74, 6) is 0.370. The number of amides is 1. The van der Waals surface area contributed by atoms with Crippen molar-refractivity contribution < 1.29 is 22.7 Å². The molecule has 0 radical (unpaired) electrons. The minimum Gasteiger partial charge on any atom is -0.497 e. The summed E-state index contributed by atoms with van der Waals surface area (Å²) >= 11 is 0. The van der Waals surface area contributed by atoms with E-state index in [0.717, 1.165) is 12.8 Å². The Hall–Kier alpha value is -2.42. The van der Waals surface area contributed by atoms with Crippen molar-refractivity contribution in [2.24, 2.45) is 0 Å². The summed E-state index contributed by atoms with van der Waals surface area (Å²) in [6.07, 6.45) is 1.73. The van der Waals surface area contributed by atoms with Gasteiger partial charge in [-0.25, -0.2) is 13.1 Å². The second kappa shape index (κ2) is 8.51. The van der Waals surface area contributed by atoms with Gasteiger partial charge in [0, 0.05) is 24.4 Å². The normalized spacial score (nSPS) is 16.9. The predicted octanol–water partition coefficient (Wildman–Crippen LogP) is 2.40. The summed E-state index contributed by atoms with van der Waals surface area (Å²) in [6, 6.07) is 12.7. The van der Waals surface area contributed by atoms with Crippen LogP contribution in [0.5, 0.6) is 5.75 Å². The van der Waals surface area contributed by atoms with Crippen LogP contribution in [0.2, 0.25) is 0 Å². The number of nitrogens with one attached hydrogen (secondary N) is 2. The molecule has 0 aliphatic carbocycles. The lowest BCUT2D eigenvalue weighted by Crippen LogP contribution is -2.31. The molecule has 0 bridgehead atoms. The molecule has 2 aromatic rings. The molecule has 0 saturated carbocycles. The Kier molecular flexibility index (Phi) is 6.10. The van der Waals surface area contributed by atoms with Crippen molar-refractivity contribution in [1.29, 1.82) is 0 Å².